The number of aliphatic hydroxyl groups excluding tert-OH is 1. The number of sulfonamides is 1. The van der Waals surface area contributed by atoms with Gasteiger partial charge in [0.1, 0.15) is 0 Å². The van der Waals surface area contributed by atoms with Gasteiger partial charge in [0.05, 0.1) is 11.5 Å². The van der Waals surface area contributed by atoms with E-state index in [0.717, 1.165) is 12.8 Å². The molecule has 1 aromatic carbocycles. The molecule has 18 heavy (non-hydrogen) atoms. The summed E-state index contributed by atoms with van der Waals surface area (Å²) in [5, 5.41) is 9.46. The smallest absolute Gasteiger partial charge is 0.240 e. The first-order chi connectivity index (χ1) is 8.44. The van der Waals surface area contributed by atoms with Crippen molar-refractivity contribution in [3.8, 4) is 0 Å². The van der Waals surface area contributed by atoms with Gasteiger partial charge >= 0.3 is 0 Å². The number of rotatable bonds is 5. The van der Waals surface area contributed by atoms with Crippen LogP contribution in [0.1, 0.15) is 25.3 Å². The molecule has 2 N–H and O–H groups in total. The van der Waals surface area contributed by atoms with E-state index in [4.69, 9.17) is 16.7 Å². The number of benzene rings is 1. The maximum absolute atomic E-state index is 12.1. The Morgan fingerprint density at radius 3 is 2.72 bits per heavy atom. The Labute approximate surface area is 112 Å². The Morgan fingerprint density at radius 1 is 1.50 bits per heavy atom. The van der Waals surface area contributed by atoms with Gasteiger partial charge in [0.25, 0.3) is 0 Å². The molecule has 1 atom stereocenters. The molecule has 0 aromatic heterocycles. The highest BCUT2D eigenvalue weighted by atomic mass is 35.5. The van der Waals surface area contributed by atoms with E-state index in [1.165, 1.54) is 18.2 Å². The number of hydrogen-bond acceptors (Lipinski definition) is 3. The van der Waals surface area contributed by atoms with Crippen LogP contribution in [0, 0.1) is 5.92 Å². The van der Waals surface area contributed by atoms with Crippen molar-refractivity contribution in [3.05, 3.63) is 28.8 Å². The van der Waals surface area contributed by atoms with Crippen molar-refractivity contribution < 1.29 is 13.5 Å². The molecule has 1 aliphatic rings. The van der Waals surface area contributed by atoms with Crippen molar-refractivity contribution >= 4 is 21.6 Å². The van der Waals surface area contributed by atoms with Gasteiger partial charge in [-0.05, 0) is 49.4 Å². The summed E-state index contributed by atoms with van der Waals surface area (Å²) in [6, 6.07) is 4.29. The van der Waals surface area contributed by atoms with E-state index < -0.39 is 10.0 Å². The molecule has 1 aliphatic carbocycles. The number of nitrogens with one attached hydrogen (secondary N) is 1. The highest BCUT2D eigenvalue weighted by Crippen LogP contribution is 2.33. The molecule has 0 aliphatic heterocycles. The summed E-state index contributed by atoms with van der Waals surface area (Å²) in [5.74, 6) is 0.449. The van der Waals surface area contributed by atoms with Crippen LogP contribution < -0.4 is 4.72 Å². The summed E-state index contributed by atoms with van der Waals surface area (Å²) in [5.41, 5.74) is 0.415. The lowest BCUT2D eigenvalue weighted by Crippen LogP contribution is -2.34. The second kappa shape index (κ2) is 5.17. The molecule has 1 saturated carbocycles. The lowest BCUT2D eigenvalue weighted by atomic mass is 10.2. The molecule has 0 heterocycles. The largest absolute Gasteiger partial charge is 0.392 e. The van der Waals surface area contributed by atoms with E-state index >= 15 is 0 Å². The topological polar surface area (TPSA) is 66.4 Å². The normalized spacial score (nSPS) is 17.7. The molecule has 1 unspecified atom stereocenters. The van der Waals surface area contributed by atoms with Gasteiger partial charge in [-0.25, -0.2) is 13.1 Å². The second-order valence-electron chi connectivity index (χ2n) is 4.66. The molecule has 0 radical (unpaired) electrons. The van der Waals surface area contributed by atoms with E-state index in [-0.39, 0.29) is 17.5 Å². The fourth-order valence-electron chi connectivity index (χ4n) is 1.84. The molecule has 4 nitrogen and oxygen atoms in total. The van der Waals surface area contributed by atoms with Crippen LogP contribution >= 0.6 is 11.6 Å². The maximum Gasteiger partial charge on any atom is 0.240 e. The number of hydrogen-bond donors (Lipinski definition) is 2. The fraction of sp³-hybridized carbons (Fsp3) is 0.500. The summed E-state index contributed by atoms with van der Waals surface area (Å²) in [6.45, 7) is 1.60. The highest BCUT2D eigenvalue weighted by molar-refractivity contribution is 7.89. The van der Waals surface area contributed by atoms with E-state index in [1.54, 1.807) is 0 Å². The second-order valence-corrected chi connectivity index (χ2v) is 6.78. The molecule has 0 spiro atoms. The molecule has 0 saturated heterocycles. The highest BCUT2D eigenvalue weighted by Gasteiger charge is 2.31. The predicted molar refractivity (Wildman–Crippen MR) is 69.9 cm³/mol. The summed E-state index contributed by atoms with van der Waals surface area (Å²) >= 11 is 5.84. The van der Waals surface area contributed by atoms with Gasteiger partial charge in [0.2, 0.25) is 10.0 Å². The third-order valence-corrected chi connectivity index (χ3v) is 5.09. The Hall–Kier alpha value is -0.620. The molecule has 1 aromatic rings. The van der Waals surface area contributed by atoms with Crippen LogP contribution in [0.3, 0.4) is 0 Å². The molecule has 0 amide bonds. The average molecular weight is 290 g/mol. The third-order valence-electron chi connectivity index (χ3n) is 3.17. The Morgan fingerprint density at radius 2 is 2.17 bits per heavy atom. The minimum absolute atomic E-state index is 0.0525. The Balaban J connectivity index is 2.23. The fourth-order valence-corrected chi connectivity index (χ4v) is 3.38. The monoisotopic (exact) mass is 289 g/mol. The van der Waals surface area contributed by atoms with Gasteiger partial charge in [-0.15, -0.1) is 0 Å². The Kier molecular flexibility index (Phi) is 3.96. The number of halogens is 1. The first-order valence-electron chi connectivity index (χ1n) is 5.85. The van der Waals surface area contributed by atoms with Crippen LogP contribution in [0.2, 0.25) is 5.02 Å². The summed E-state index contributed by atoms with van der Waals surface area (Å²) < 4.78 is 26.9. The van der Waals surface area contributed by atoms with Gasteiger partial charge in [0.15, 0.2) is 0 Å². The van der Waals surface area contributed by atoms with Crippen molar-refractivity contribution in [2.75, 3.05) is 0 Å². The quantitative estimate of drug-likeness (QED) is 0.870. The minimum Gasteiger partial charge on any atom is -0.392 e. The van der Waals surface area contributed by atoms with Crippen LogP contribution in [0.25, 0.3) is 0 Å². The molecule has 100 valence electrons. The van der Waals surface area contributed by atoms with Crippen LogP contribution in [0.15, 0.2) is 23.1 Å². The predicted octanol–water partition coefficient (Wildman–Crippen LogP) is 1.91. The lowest BCUT2D eigenvalue weighted by Gasteiger charge is -2.14. The van der Waals surface area contributed by atoms with Gasteiger partial charge in [0, 0.05) is 11.1 Å². The molecular formula is C12H16ClNO3S. The summed E-state index contributed by atoms with van der Waals surface area (Å²) in [6.07, 6.45) is 2.15. The number of aliphatic hydroxyl groups is 1. The standard InChI is InChI=1S/C12H16ClNO3S/c1-8(9-2-3-9)14-18(16,17)11-4-5-12(13)10(6-11)7-15/h4-6,8-9,14-15H,2-3,7H2,1H3. The molecular weight excluding hydrogens is 274 g/mol. The Bertz CT molecular complexity index is 540. The van der Waals surface area contributed by atoms with Crippen molar-refractivity contribution in [2.24, 2.45) is 5.92 Å². The van der Waals surface area contributed by atoms with Crippen molar-refractivity contribution in [1.82, 2.24) is 4.72 Å². The van der Waals surface area contributed by atoms with Crippen LogP contribution in [-0.2, 0) is 16.6 Å². The first-order valence-corrected chi connectivity index (χ1v) is 7.72. The third kappa shape index (κ3) is 3.03. The van der Waals surface area contributed by atoms with Crippen molar-refractivity contribution in [3.63, 3.8) is 0 Å². The zero-order valence-electron chi connectivity index (χ0n) is 10.1. The SMILES string of the molecule is CC(NS(=O)(=O)c1ccc(Cl)c(CO)c1)C1CC1. The summed E-state index contributed by atoms with van der Waals surface area (Å²) in [4.78, 5) is 0.142. The maximum atomic E-state index is 12.1. The van der Waals surface area contributed by atoms with Gasteiger partial charge < -0.3 is 5.11 Å². The van der Waals surface area contributed by atoms with Gasteiger partial charge in [-0.1, -0.05) is 11.6 Å². The van der Waals surface area contributed by atoms with Crippen molar-refractivity contribution in [1.29, 1.82) is 0 Å². The van der Waals surface area contributed by atoms with E-state index in [9.17, 15) is 8.42 Å². The van der Waals surface area contributed by atoms with E-state index in [0.29, 0.717) is 16.5 Å². The zero-order chi connectivity index (χ0) is 13.3. The molecule has 1 fully saturated rings. The zero-order valence-corrected chi connectivity index (χ0v) is 11.6. The van der Waals surface area contributed by atoms with Crippen molar-refractivity contribution in [2.45, 2.75) is 37.3 Å². The van der Waals surface area contributed by atoms with Crippen LogP contribution in [0.5, 0.6) is 0 Å². The van der Waals surface area contributed by atoms with Gasteiger partial charge in [-0.3, -0.25) is 0 Å². The molecule has 6 heteroatoms. The van der Waals surface area contributed by atoms with E-state index in [2.05, 4.69) is 4.72 Å². The minimum atomic E-state index is -3.53. The van der Waals surface area contributed by atoms with Crippen LogP contribution in [0.4, 0.5) is 0 Å². The summed E-state index contributed by atoms with van der Waals surface area (Å²) in [7, 11) is -3.53. The van der Waals surface area contributed by atoms with E-state index in [1.807, 2.05) is 6.92 Å². The first kappa shape index (κ1) is 13.8. The van der Waals surface area contributed by atoms with Gasteiger partial charge in [-0.2, -0.15) is 0 Å². The molecule has 0 bridgehead atoms. The lowest BCUT2D eigenvalue weighted by molar-refractivity contribution is 0.281. The molecule has 2 rings (SSSR count). The average Bonchev–Trinajstić information content (AvgIpc) is 3.12. The van der Waals surface area contributed by atoms with Crippen LogP contribution in [-0.4, -0.2) is 19.6 Å².